The molecule has 1 aliphatic heterocycles. The van der Waals surface area contributed by atoms with Gasteiger partial charge in [-0.2, -0.15) is 5.10 Å². The maximum atomic E-state index is 12.6. The molecule has 6 nitrogen and oxygen atoms in total. The molecule has 0 aliphatic carbocycles. The first-order valence-electron chi connectivity index (χ1n) is 8.71. The maximum Gasteiger partial charge on any atom is 0.251 e. The van der Waals surface area contributed by atoms with E-state index in [2.05, 4.69) is 36.2 Å². The highest BCUT2D eigenvalue weighted by molar-refractivity contribution is 5.95. The van der Waals surface area contributed by atoms with Crippen molar-refractivity contribution in [3.8, 4) is 5.69 Å². The number of carbonyl (C=O) groups excluding carboxylic acids is 1. The predicted octanol–water partition coefficient (Wildman–Crippen LogP) is 2.76. The zero-order valence-electron chi connectivity index (χ0n) is 15.3. The Morgan fingerprint density at radius 3 is 2.84 bits per heavy atom. The van der Waals surface area contributed by atoms with E-state index in [0.717, 1.165) is 24.3 Å². The second-order valence-corrected chi connectivity index (χ2v) is 7.76. The number of amides is 1. The Bertz CT molecular complexity index is 734. The van der Waals surface area contributed by atoms with Crippen molar-refractivity contribution in [1.29, 1.82) is 0 Å². The largest absolute Gasteiger partial charge is 0.377 e. The summed E-state index contributed by atoms with van der Waals surface area (Å²) < 4.78 is 7.56. The fraction of sp³-hybridized carbons (Fsp3) is 0.526. The lowest BCUT2D eigenvalue weighted by Crippen LogP contribution is -2.38. The van der Waals surface area contributed by atoms with Gasteiger partial charge in [-0.15, -0.1) is 0 Å². The summed E-state index contributed by atoms with van der Waals surface area (Å²) in [7, 11) is 0. The van der Waals surface area contributed by atoms with Crippen molar-refractivity contribution in [2.45, 2.75) is 40.2 Å². The molecule has 25 heavy (non-hydrogen) atoms. The van der Waals surface area contributed by atoms with Gasteiger partial charge in [0.05, 0.1) is 11.8 Å². The number of ether oxygens (including phenoxy) is 1. The van der Waals surface area contributed by atoms with Crippen LogP contribution in [0.4, 0.5) is 0 Å². The van der Waals surface area contributed by atoms with Crippen molar-refractivity contribution in [3.05, 3.63) is 42.0 Å². The predicted molar refractivity (Wildman–Crippen MR) is 95.7 cm³/mol. The molecule has 0 bridgehead atoms. The van der Waals surface area contributed by atoms with Crippen LogP contribution in [0.25, 0.3) is 5.69 Å². The van der Waals surface area contributed by atoms with Crippen LogP contribution in [-0.4, -0.2) is 39.9 Å². The molecule has 1 aromatic heterocycles. The molecule has 3 rings (SSSR count). The van der Waals surface area contributed by atoms with E-state index >= 15 is 0 Å². The third-order valence-corrected chi connectivity index (χ3v) is 4.73. The van der Waals surface area contributed by atoms with Crippen molar-refractivity contribution in [2.75, 3.05) is 13.2 Å². The van der Waals surface area contributed by atoms with Crippen LogP contribution >= 0.6 is 0 Å². The molecule has 1 N–H and O–H groups in total. The fourth-order valence-electron chi connectivity index (χ4n) is 3.51. The average molecular weight is 342 g/mol. The van der Waals surface area contributed by atoms with Crippen LogP contribution < -0.4 is 5.32 Å². The molecule has 0 radical (unpaired) electrons. The Kier molecular flexibility index (Phi) is 4.90. The van der Waals surface area contributed by atoms with E-state index in [-0.39, 0.29) is 17.4 Å². The number of nitrogens with zero attached hydrogens (tertiary/aromatic N) is 3. The Labute approximate surface area is 148 Å². The number of nitrogens with one attached hydrogen (secondary N) is 1. The summed E-state index contributed by atoms with van der Waals surface area (Å²) in [6.45, 7) is 9.91. The molecular weight excluding hydrogens is 316 g/mol. The highest BCUT2D eigenvalue weighted by atomic mass is 16.5. The van der Waals surface area contributed by atoms with Gasteiger partial charge in [0.25, 0.3) is 5.91 Å². The Morgan fingerprint density at radius 2 is 2.20 bits per heavy atom. The van der Waals surface area contributed by atoms with E-state index in [1.54, 1.807) is 11.0 Å². The molecule has 134 valence electrons. The van der Waals surface area contributed by atoms with Gasteiger partial charge in [-0.05, 0) is 42.5 Å². The lowest BCUT2D eigenvalue weighted by Gasteiger charge is -2.31. The van der Waals surface area contributed by atoms with Gasteiger partial charge in [0.2, 0.25) is 0 Å². The minimum absolute atomic E-state index is 0.0396. The average Bonchev–Trinajstić information content (AvgIpc) is 3.23. The lowest BCUT2D eigenvalue weighted by atomic mass is 9.81. The first-order chi connectivity index (χ1) is 11.9. The zero-order valence-corrected chi connectivity index (χ0v) is 15.3. The molecule has 1 aromatic carbocycles. The van der Waals surface area contributed by atoms with Gasteiger partial charge in [-0.1, -0.05) is 20.8 Å². The van der Waals surface area contributed by atoms with Crippen molar-refractivity contribution < 1.29 is 9.53 Å². The smallest absolute Gasteiger partial charge is 0.251 e. The van der Waals surface area contributed by atoms with Crippen molar-refractivity contribution in [3.63, 3.8) is 0 Å². The highest BCUT2D eigenvalue weighted by Gasteiger charge is 2.37. The minimum atomic E-state index is -0.0396. The molecule has 1 fully saturated rings. The van der Waals surface area contributed by atoms with E-state index in [4.69, 9.17) is 4.74 Å². The molecule has 1 saturated heterocycles. The molecule has 2 aromatic rings. The van der Waals surface area contributed by atoms with Gasteiger partial charge in [0.1, 0.15) is 12.7 Å². The fourth-order valence-corrected chi connectivity index (χ4v) is 3.51. The van der Waals surface area contributed by atoms with Gasteiger partial charge in [0.15, 0.2) is 0 Å². The first kappa shape index (κ1) is 17.6. The number of carbonyl (C=O) groups is 1. The zero-order chi connectivity index (χ0) is 18.0. The molecule has 1 amide bonds. The summed E-state index contributed by atoms with van der Waals surface area (Å²) in [5, 5.41) is 7.20. The topological polar surface area (TPSA) is 69.0 Å². The van der Waals surface area contributed by atoms with E-state index in [1.807, 2.05) is 25.1 Å². The Morgan fingerprint density at radius 1 is 1.40 bits per heavy atom. The number of aromatic nitrogens is 3. The number of aryl methyl sites for hydroxylation is 1. The summed E-state index contributed by atoms with van der Waals surface area (Å²) in [5.74, 6) is 0.320. The summed E-state index contributed by atoms with van der Waals surface area (Å²) in [6, 6.07) is 5.67. The lowest BCUT2D eigenvalue weighted by molar-refractivity contribution is 0.00737. The Balaban J connectivity index is 1.65. The Hall–Kier alpha value is -2.21. The van der Waals surface area contributed by atoms with E-state index in [1.165, 1.54) is 6.33 Å². The van der Waals surface area contributed by atoms with Gasteiger partial charge in [-0.3, -0.25) is 4.79 Å². The van der Waals surface area contributed by atoms with Crippen LogP contribution in [0.2, 0.25) is 0 Å². The van der Waals surface area contributed by atoms with Gasteiger partial charge in [0, 0.05) is 24.6 Å². The highest BCUT2D eigenvalue weighted by Crippen LogP contribution is 2.34. The molecule has 0 saturated carbocycles. The van der Waals surface area contributed by atoms with Crippen LogP contribution in [0.15, 0.2) is 30.9 Å². The summed E-state index contributed by atoms with van der Waals surface area (Å²) >= 11 is 0. The van der Waals surface area contributed by atoms with Crippen LogP contribution in [-0.2, 0) is 4.74 Å². The molecule has 1 aliphatic rings. The SMILES string of the molecule is Cc1cc(-n2cncn2)ccc1C(=O)NC[C@H]1CCO[C@H]1C(C)(C)C. The van der Waals surface area contributed by atoms with Crippen LogP contribution in [0, 0.1) is 18.3 Å². The third-order valence-electron chi connectivity index (χ3n) is 4.73. The number of rotatable bonds is 4. The summed E-state index contributed by atoms with van der Waals surface area (Å²) in [6.07, 6.45) is 4.31. The number of benzene rings is 1. The number of hydrogen-bond acceptors (Lipinski definition) is 4. The molecular formula is C19H26N4O2. The van der Waals surface area contributed by atoms with E-state index in [9.17, 15) is 4.79 Å². The van der Waals surface area contributed by atoms with Crippen molar-refractivity contribution >= 4 is 5.91 Å². The monoisotopic (exact) mass is 342 g/mol. The van der Waals surface area contributed by atoms with Crippen LogP contribution in [0.3, 0.4) is 0 Å². The van der Waals surface area contributed by atoms with Crippen LogP contribution in [0.5, 0.6) is 0 Å². The van der Waals surface area contributed by atoms with Gasteiger partial charge in [-0.25, -0.2) is 9.67 Å². The van der Waals surface area contributed by atoms with E-state index in [0.29, 0.717) is 18.0 Å². The maximum absolute atomic E-state index is 12.6. The molecule has 0 spiro atoms. The molecule has 0 unspecified atom stereocenters. The number of hydrogen-bond donors (Lipinski definition) is 1. The van der Waals surface area contributed by atoms with E-state index < -0.39 is 0 Å². The standard InChI is InChI=1S/C19H26N4O2/c1-13-9-15(23-12-20-11-22-23)5-6-16(13)18(24)21-10-14-7-8-25-17(14)19(2,3)4/h5-6,9,11-12,14,17H,7-8,10H2,1-4H3,(H,21,24)/t14-,17-/m1/s1. The van der Waals surface area contributed by atoms with Crippen molar-refractivity contribution in [2.24, 2.45) is 11.3 Å². The summed E-state index contributed by atoms with van der Waals surface area (Å²) in [5.41, 5.74) is 2.58. The molecule has 2 heterocycles. The van der Waals surface area contributed by atoms with Crippen LogP contribution in [0.1, 0.15) is 43.1 Å². The molecule has 2 atom stereocenters. The normalized spacial score (nSPS) is 20.6. The minimum Gasteiger partial charge on any atom is -0.377 e. The summed E-state index contributed by atoms with van der Waals surface area (Å²) in [4.78, 5) is 16.5. The van der Waals surface area contributed by atoms with Crippen molar-refractivity contribution in [1.82, 2.24) is 20.1 Å². The first-order valence-corrected chi connectivity index (χ1v) is 8.71. The van der Waals surface area contributed by atoms with Gasteiger partial charge >= 0.3 is 0 Å². The second kappa shape index (κ2) is 6.96. The molecule has 6 heteroatoms. The second-order valence-electron chi connectivity index (χ2n) is 7.76. The van der Waals surface area contributed by atoms with Gasteiger partial charge < -0.3 is 10.1 Å². The third kappa shape index (κ3) is 3.90. The quantitative estimate of drug-likeness (QED) is 0.927.